The van der Waals surface area contributed by atoms with Crippen LogP contribution in [0.1, 0.15) is 6.92 Å². The number of hydrogen-bond donors (Lipinski definition) is 0. The highest BCUT2D eigenvalue weighted by molar-refractivity contribution is 5.93. The fourth-order valence-electron chi connectivity index (χ4n) is 0.413. The van der Waals surface area contributed by atoms with Crippen molar-refractivity contribution >= 4 is 18.4 Å². The van der Waals surface area contributed by atoms with E-state index in [2.05, 4.69) is 9.47 Å². The average molecular weight is 172 g/mol. The van der Waals surface area contributed by atoms with E-state index in [1.807, 2.05) is 0 Å². The van der Waals surface area contributed by atoms with Crippen molar-refractivity contribution in [3.63, 3.8) is 0 Å². The maximum absolute atomic E-state index is 10.5. The summed E-state index contributed by atoms with van der Waals surface area (Å²) in [5, 5.41) is 0. The molecule has 0 aliphatic rings. The highest BCUT2D eigenvalue weighted by Gasteiger charge is 1.97. The second-order valence-corrected chi connectivity index (χ2v) is 1.62. The van der Waals surface area contributed by atoms with Crippen LogP contribution in [0.15, 0.2) is 12.2 Å². The smallest absolute Gasteiger partial charge is 0.338 e. The van der Waals surface area contributed by atoms with E-state index in [1.165, 1.54) is 0 Å². The molecule has 0 saturated carbocycles. The van der Waals surface area contributed by atoms with Crippen molar-refractivity contribution in [1.29, 1.82) is 0 Å². The molecular weight excluding hydrogens is 164 g/mol. The molecule has 0 atom stereocenters. The molecule has 0 aromatic carbocycles. The Morgan fingerprint density at radius 2 is 1.83 bits per heavy atom. The zero-order valence-electron chi connectivity index (χ0n) is 6.48. The summed E-state index contributed by atoms with van der Waals surface area (Å²) >= 11 is 0. The maximum atomic E-state index is 10.5. The molecule has 0 aliphatic heterocycles. The van der Waals surface area contributed by atoms with Crippen molar-refractivity contribution in [2.75, 3.05) is 6.61 Å². The van der Waals surface area contributed by atoms with Gasteiger partial charge in [-0.1, -0.05) is 0 Å². The molecule has 12 heavy (non-hydrogen) atoms. The Labute approximate surface area is 69.0 Å². The summed E-state index contributed by atoms with van der Waals surface area (Å²) in [5.41, 5.74) is 0. The predicted molar refractivity (Wildman–Crippen MR) is 37.9 cm³/mol. The third-order valence-corrected chi connectivity index (χ3v) is 0.806. The quantitative estimate of drug-likeness (QED) is 0.254. The topological polar surface area (TPSA) is 69.7 Å². The first-order valence-electron chi connectivity index (χ1n) is 3.19. The van der Waals surface area contributed by atoms with Crippen molar-refractivity contribution in [1.82, 2.24) is 0 Å². The Bertz CT molecular complexity index is 206. The summed E-state index contributed by atoms with van der Waals surface area (Å²) in [6, 6.07) is 0. The number of rotatable bonds is 4. The lowest BCUT2D eigenvalue weighted by atomic mass is 10.5. The van der Waals surface area contributed by atoms with Crippen LogP contribution in [0.4, 0.5) is 0 Å². The molecule has 0 N–H and O–H groups in total. The molecule has 0 bridgehead atoms. The fraction of sp³-hybridized carbons (Fsp3) is 0.286. The molecule has 5 heteroatoms. The van der Waals surface area contributed by atoms with E-state index in [4.69, 9.17) is 0 Å². The van der Waals surface area contributed by atoms with Gasteiger partial charge in [0.05, 0.1) is 6.61 Å². The molecule has 0 aromatic heterocycles. The van der Waals surface area contributed by atoms with Crippen LogP contribution in [-0.4, -0.2) is 25.0 Å². The van der Waals surface area contributed by atoms with E-state index in [-0.39, 0.29) is 13.1 Å². The van der Waals surface area contributed by atoms with Crippen molar-refractivity contribution in [2.24, 2.45) is 0 Å². The van der Waals surface area contributed by atoms with E-state index in [0.717, 1.165) is 12.2 Å². The van der Waals surface area contributed by atoms with Crippen molar-refractivity contribution in [2.45, 2.75) is 6.92 Å². The zero-order valence-corrected chi connectivity index (χ0v) is 6.48. The predicted octanol–water partition coefficient (Wildman–Crippen LogP) is -0.195. The Hall–Kier alpha value is -1.65. The molecule has 0 saturated heterocycles. The SMILES string of the molecule is CCOC(=O)/C=C/C(=O)OC=O. The summed E-state index contributed by atoms with van der Waals surface area (Å²) in [6.07, 6.45) is 1.70. The largest absolute Gasteiger partial charge is 0.463 e. The van der Waals surface area contributed by atoms with E-state index < -0.39 is 11.9 Å². The molecular formula is C7H8O5. The second-order valence-electron chi connectivity index (χ2n) is 1.62. The standard InChI is InChI=1S/C7H8O5/c1-2-11-6(9)3-4-7(10)12-5-8/h3-5H,2H2,1H3/b4-3+. The van der Waals surface area contributed by atoms with E-state index in [0.29, 0.717) is 0 Å². The van der Waals surface area contributed by atoms with Crippen LogP contribution in [0, 0.1) is 0 Å². The van der Waals surface area contributed by atoms with Gasteiger partial charge in [0.25, 0.3) is 0 Å². The maximum Gasteiger partial charge on any atom is 0.338 e. The molecule has 0 unspecified atom stereocenters. The van der Waals surface area contributed by atoms with Gasteiger partial charge in [0.2, 0.25) is 0 Å². The summed E-state index contributed by atoms with van der Waals surface area (Å²) in [6.45, 7) is 1.85. The summed E-state index contributed by atoms with van der Waals surface area (Å²) in [5.74, 6) is -1.56. The van der Waals surface area contributed by atoms with E-state index >= 15 is 0 Å². The lowest BCUT2D eigenvalue weighted by Gasteiger charge is -1.93. The molecule has 0 amide bonds. The van der Waals surface area contributed by atoms with E-state index in [1.54, 1.807) is 6.92 Å². The minimum atomic E-state index is -0.905. The summed E-state index contributed by atoms with van der Waals surface area (Å²) < 4.78 is 8.30. The molecule has 0 aromatic rings. The number of carbonyl (C=O) groups excluding carboxylic acids is 3. The lowest BCUT2D eigenvalue weighted by molar-refractivity contribution is -0.147. The number of ether oxygens (including phenoxy) is 2. The van der Waals surface area contributed by atoms with Crippen LogP contribution in [0.5, 0.6) is 0 Å². The van der Waals surface area contributed by atoms with Crippen LogP contribution < -0.4 is 0 Å². The first-order chi connectivity index (χ1) is 5.70. The van der Waals surface area contributed by atoms with Gasteiger partial charge >= 0.3 is 18.4 Å². The minimum absolute atomic E-state index is 0.0160. The normalized spacial score (nSPS) is 9.42. The van der Waals surface area contributed by atoms with Gasteiger partial charge < -0.3 is 9.47 Å². The van der Waals surface area contributed by atoms with Gasteiger partial charge in [-0.25, -0.2) is 9.59 Å². The second kappa shape index (κ2) is 6.09. The van der Waals surface area contributed by atoms with Crippen molar-refractivity contribution in [3.05, 3.63) is 12.2 Å². The van der Waals surface area contributed by atoms with Gasteiger partial charge in [0.15, 0.2) is 0 Å². The molecule has 66 valence electrons. The third kappa shape index (κ3) is 5.16. The van der Waals surface area contributed by atoms with Crippen LogP contribution in [0.3, 0.4) is 0 Å². The zero-order chi connectivity index (χ0) is 9.40. The van der Waals surface area contributed by atoms with Gasteiger partial charge in [-0.15, -0.1) is 0 Å². The Kier molecular flexibility index (Phi) is 5.25. The van der Waals surface area contributed by atoms with Gasteiger partial charge in [-0.05, 0) is 6.92 Å². The van der Waals surface area contributed by atoms with Gasteiger partial charge in [0, 0.05) is 12.2 Å². The van der Waals surface area contributed by atoms with E-state index in [9.17, 15) is 14.4 Å². The van der Waals surface area contributed by atoms with Crippen LogP contribution in [-0.2, 0) is 23.9 Å². The van der Waals surface area contributed by atoms with Gasteiger partial charge in [-0.2, -0.15) is 0 Å². The minimum Gasteiger partial charge on any atom is -0.463 e. The number of hydrogen-bond acceptors (Lipinski definition) is 5. The lowest BCUT2D eigenvalue weighted by Crippen LogP contribution is -2.02. The molecule has 0 aliphatic carbocycles. The van der Waals surface area contributed by atoms with Crippen LogP contribution in [0.2, 0.25) is 0 Å². The molecule has 0 radical (unpaired) electrons. The molecule has 0 fully saturated rings. The number of carbonyl (C=O) groups is 3. The van der Waals surface area contributed by atoms with Crippen molar-refractivity contribution < 1.29 is 23.9 Å². The van der Waals surface area contributed by atoms with Crippen molar-refractivity contribution in [3.8, 4) is 0 Å². The first kappa shape index (κ1) is 10.3. The molecule has 0 spiro atoms. The van der Waals surface area contributed by atoms with Crippen LogP contribution >= 0.6 is 0 Å². The Morgan fingerprint density at radius 3 is 2.33 bits per heavy atom. The summed E-state index contributed by atoms with van der Waals surface area (Å²) in [4.78, 5) is 30.5. The molecule has 5 nitrogen and oxygen atoms in total. The third-order valence-electron chi connectivity index (χ3n) is 0.806. The molecule has 0 heterocycles. The monoisotopic (exact) mass is 172 g/mol. The molecule has 0 rings (SSSR count). The fourth-order valence-corrected chi connectivity index (χ4v) is 0.413. The van der Waals surface area contributed by atoms with Gasteiger partial charge in [0.1, 0.15) is 0 Å². The van der Waals surface area contributed by atoms with Gasteiger partial charge in [-0.3, -0.25) is 4.79 Å². The highest BCUT2D eigenvalue weighted by atomic mass is 16.6. The van der Waals surface area contributed by atoms with Crippen LogP contribution in [0.25, 0.3) is 0 Å². The Balaban J connectivity index is 3.80. The average Bonchev–Trinajstić information content (AvgIpc) is 2.02. The Morgan fingerprint density at radius 1 is 1.25 bits per heavy atom. The number of esters is 2. The summed E-state index contributed by atoms with van der Waals surface area (Å²) in [7, 11) is 0. The first-order valence-corrected chi connectivity index (χ1v) is 3.19. The highest BCUT2D eigenvalue weighted by Crippen LogP contribution is 1.83.